The first-order valence-corrected chi connectivity index (χ1v) is 12.3. The van der Waals surface area contributed by atoms with Gasteiger partial charge in [0, 0.05) is 48.1 Å². The number of nitrogens with zero attached hydrogens (tertiary/aromatic N) is 2. The summed E-state index contributed by atoms with van der Waals surface area (Å²) in [5, 5.41) is 7.73. The zero-order chi connectivity index (χ0) is 23.8. The summed E-state index contributed by atoms with van der Waals surface area (Å²) in [5.41, 5.74) is 8.61. The molecule has 3 N–H and O–H groups in total. The zero-order valence-corrected chi connectivity index (χ0v) is 21.1. The Morgan fingerprint density at radius 2 is 1.79 bits per heavy atom. The molecular weight excluding hydrogens is 473 g/mol. The third-order valence-corrected chi connectivity index (χ3v) is 7.60. The van der Waals surface area contributed by atoms with Crippen LogP contribution in [0.1, 0.15) is 36.5 Å². The number of H-pyrrole nitrogens is 1. The van der Waals surface area contributed by atoms with Crippen molar-refractivity contribution in [2.24, 2.45) is 0 Å². The van der Waals surface area contributed by atoms with E-state index in [1.54, 1.807) is 20.3 Å². The molecule has 0 amide bonds. The fourth-order valence-corrected chi connectivity index (χ4v) is 5.49. The summed E-state index contributed by atoms with van der Waals surface area (Å²) in [5.74, 6) is 1.07. The number of hydrazine groups is 1. The maximum atomic E-state index is 6.64. The third kappa shape index (κ3) is 4.22. The number of hydrogen-bond acceptors (Lipinski definition) is 6. The lowest BCUT2D eigenvalue weighted by Crippen LogP contribution is -2.46. The highest BCUT2D eigenvalue weighted by atomic mass is 35.5. The van der Waals surface area contributed by atoms with Crippen LogP contribution in [0.5, 0.6) is 11.5 Å². The van der Waals surface area contributed by atoms with Gasteiger partial charge in [0.1, 0.15) is 17.1 Å². The third-order valence-electron chi connectivity index (χ3n) is 6.77. The van der Waals surface area contributed by atoms with Crippen LogP contribution in [0.4, 0.5) is 0 Å². The van der Waals surface area contributed by atoms with Gasteiger partial charge in [0.05, 0.1) is 30.3 Å². The Balaban J connectivity index is 1.49. The average Bonchev–Trinajstić information content (AvgIpc) is 3.45. The highest BCUT2D eigenvalue weighted by Crippen LogP contribution is 2.42. The van der Waals surface area contributed by atoms with E-state index in [-0.39, 0.29) is 6.04 Å². The fourth-order valence-electron chi connectivity index (χ4n) is 4.86. The van der Waals surface area contributed by atoms with Gasteiger partial charge in [-0.25, -0.2) is 10.4 Å². The van der Waals surface area contributed by atoms with E-state index in [1.165, 1.54) is 5.57 Å². The van der Waals surface area contributed by atoms with Crippen molar-refractivity contribution in [1.82, 2.24) is 25.7 Å². The van der Waals surface area contributed by atoms with Gasteiger partial charge in [0.25, 0.3) is 0 Å². The monoisotopic (exact) mass is 501 g/mol. The number of fused-ring (bicyclic) bond motifs is 1. The Morgan fingerprint density at radius 3 is 2.47 bits per heavy atom. The van der Waals surface area contributed by atoms with Gasteiger partial charge in [-0.15, -0.1) is 0 Å². The van der Waals surface area contributed by atoms with Crippen molar-refractivity contribution in [2.45, 2.75) is 38.3 Å². The molecule has 1 saturated heterocycles. The number of aromatic nitrogens is 2. The summed E-state index contributed by atoms with van der Waals surface area (Å²) < 4.78 is 10.9. The molecule has 2 aliphatic heterocycles. The molecule has 4 heterocycles. The molecule has 1 fully saturated rings. The lowest BCUT2D eigenvalue weighted by Gasteiger charge is -2.32. The molecule has 3 aromatic rings. The summed E-state index contributed by atoms with van der Waals surface area (Å²) in [7, 11) is 3.16. The van der Waals surface area contributed by atoms with Crippen molar-refractivity contribution in [1.29, 1.82) is 0 Å². The van der Waals surface area contributed by atoms with Crippen LogP contribution in [-0.2, 0) is 6.42 Å². The van der Waals surface area contributed by atoms with Crippen LogP contribution >= 0.6 is 23.2 Å². The van der Waals surface area contributed by atoms with Crippen LogP contribution in [0.3, 0.4) is 0 Å². The van der Waals surface area contributed by atoms with Gasteiger partial charge in [0.15, 0.2) is 0 Å². The summed E-state index contributed by atoms with van der Waals surface area (Å²) in [6.45, 7) is 4.30. The molecule has 0 saturated carbocycles. The van der Waals surface area contributed by atoms with E-state index >= 15 is 0 Å². The van der Waals surface area contributed by atoms with Crippen LogP contribution in [0.25, 0.3) is 16.6 Å². The van der Waals surface area contributed by atoms with Crippen LogP contribution < -0.4 is 20.2 Å². The molecule has 9 heteroatoms. The summed E-state index contributed by atoms with van der Waals surface area (Å²) in [4.78, 5) is 7.99. The molecular formula is C25H29Cl2N5O2. The summed E-state index contributed by atoms with van der Waals surface area (Å²) in [6.07, 6.45) is 8.93. The number of nitrogens with one attached hydrogen (secondary N) is 3. The maximum absolute atomic E-state index is 6.64. The van der Waals surface area contributed by atoms with E-state index < -0.39 is 0 Å². The number of hydrogen-bond donors (Lipinski definition) is 3. The fraction of sp³-hybridized carbons (Fsp3) is 0.400. The largest absolute Gasteiger partial charge is 0.495 e. The zero-order valence-electron chi connectivity index (χ0n) is 19.5. The number of ether oxygens (including phenoxy) is 2. The second-order valence-electron chi connectivity index (χ2n) is 8.82. The minimum Gasteiger partial charge on any atom is -0.495 e. The molecule has 0 spiro atoms. The number of benzene rings is 1. The van der Waals surface area contributed by atoms with Crippen LogP contribution in [0, 0.1) is 0 Å². The average molecular weight is 502 g/mol. The summed E-state index contributed by atoms with van der Waals surface area (Å²) in [6, 6.07) is 4.62. The van der Waals surface area contributed by atoms with Gasteiger partial charge in [-0.1, -0.05) is 23.2 Å². The number of methoxy groups -OCH3 is 2. The van der Waals surface area contributed by atoms with E-state index in [0.717, 1.165) is 53.7 Å². The van der Waals surface area contributed by atoms with E-state index in [4.69, 9.17) is 37.7 Å². The van der Waals surface area contributed by atoms with Gasteiger partial charge in [-0.3, -0.25) is 0 Å². The van der Waals surface area contributed by atoms with Crippen molar-refractivity contribution >= 4 is 39.8 Å². The van der Waals surface area contributed by atoms with Crippen molar-refractivity contribution in [3.63, 3.8) is 0 Å². The minimum absolute atomic E-state index is 0.211. The van der Waals surface area contributed by atoms with E-state index in [1.807, 2.05) is 12.4 Å². The van der Waals surface area contributed by atoms with Crippen molar-refractivity contribution in [3.8, 4) is 11.5 Å². The standard InChI is InChI=1S/C25H29Cl2N5O2/c1-14-20(13-32(31-14)17-4-6-28-7-5-17)16-8-18-15(11-29-25(18)30-12-16)9-19-23(26)21(33-2)10-22(34-3)24(19)27/h8,10-14,17,28,31H,4-7,9H2,1-3H3,(H,29,30). The molecule has 34 heavy (non-hydrogen) atoms. The Kier molecular flexibility index (Phi) is 6.62. The Morgan fingerprint density at radius 1 is 1.09 bits per heavy atom. The maximum Gasteiger partial charge on any atom is 0.141 e. The van der Waals surface area contributed by atoms with Crippen LogP contribution in [-0.4, -0.2) is 54.4 Å². The Hall–Kier alpha value is -2.45. The van der Waals surface area contributed by atoms with Crippen LogP contribution in [0.15, 0.2) is 30.7 Å². The number of aromatic amines is 1. The second-order valence-corrected chi connectivity index (χ2v) is 9.58. The van der Waals surface area contributed by atoms with E-state index in [9.17, 15) is 0 Å². The van der Waals surface area contributed by atoms with Crippen molar-refractivity contribution in [3.05, 3.63) is 57.5 Å². The molecule has 0 aliphatic carbocycles. The predicted molar refractivity (Wildman–Crippen MR) is 137 cm³/mol. The number of halogens is 2. The van der Waals surface area contributed by atoms with Crippen molar-refractivity contribution < 1.29 is 9.47 Å². The second kappa shape index (κ2) is 9.66. The summed E-state index contributed by atoms with van der Waals surface area (Å²) >= 11 is 13.3. The lowest BCUT2D eigenvalue weighted by atomic mass is 9.99. The SMILES string of the molecule is COc1cc(OC)c(Cl)c(Cc2c[nH]c3ncc(C4=CN(C5CCNCC5)NC4C)cc23)c1Cl. The van der Waals surface area contributed by atoms with Gasteiger partial charge in [-0.05, 0) is 55.6 Å². The number of pyridine rings is 1. The molecule has 1 unspecified atom stereocenters. The highest BCUT2D eigenvalue weighted by Gasteiger charge is 2.28. The normalized spacial score (nSPS) is 19.0. The molecule has 180 valence electrons. The topological polar surface area (TPSA) is 74.4 Å². The lowest BCUT2D eigenvalue weighted by molar-refractivity contribution is 0.169. The minimum atomic E-state index is 0.211. The van der Waals surface area contributed by atoms with Gasteiger partial charge < -0.3 is 24.8 Å². The number of rotatable bonds is 6. The van der Waals surface area contributed by atoms with E-state index in [0.29, 0.717) is 34.0 Å². The van der Waals surface area contributed by atoms with Crippen LogP contribution in [0.2, 0.25) is 10.0 Å². The molecule has 2 aliphatic rings. The Labute approximate surface area is 209 Å². The molecule has 0 radical (unpaired) electrons. The molecule has 1 aromatic carbocycles. The quantitative estimate of drug-likeness (QED) is 0.451. The molecule has 2 aromatic heterocycles. The molecule has 0 bridgehead atoms. The smallest absolute Gasteiger partial charge is 0.141 e. The van der Waals surface area contributed by atoms with Gasteiger partial charge >= 0.3 is 0 Å². The Bertz CT molecular complexity index is 1210. The first-order chi connectivity index (χ1) is 16.5. The highest BCUT2D eigenvalue weighted by molar-refractivity contribution is 6.38. The van der Waals surface area contributed by atoms with Gasteiger partial charge in [0.2, 0.25) is 0 Å². The molecule has 1 atom stereocenters. The molecule has 7 nitrogen and oxygen atoms in total. The van der Waals surface area contributed by atoms with Gasteiger partial charge in [-0.2, -0.15) is 0 Å². The van der Waals surface area contributed by atoms with E-state index in [2.05, 4.69) is 39.9 Å². The van der Waals surface area contributed by atoms with Crippen molar-refractivity contribution in [2.75, 3.05) is 27.3 Å². The first kappa shape index (κ1) is 23.3. The predicted octanol–water partition coefficient (Wildman–Crippen LogP) is 4.78. The molecule has 5 rings (SSSR count). The number of piperidine rings is 1. The first-order valence-electron chi connectivity index (χ1n) is 11.5.